The van der Waals surface area contributed by atoms with E-state index < -0.39 is 11.5 Å². The molecule has 5 rings (SSSR count). The summed E-state index contributed by atoms with van der Waals surface area (Å²) in [6.45, 7) is 0.896. The summed E-state index contributed by atoms with van der Waals surface area (Å²) in [6.07, 6.45) is 12.6. The molecule has 2 aromatic heterocycles. The highest BCUT2D eigenvalue weighted by atomic mass is 16.4. The molecule has 2 aliphatic rings. The zero-order valence-corrected chi connectivity index (χ0v) is 20.6. The molecular formula is C28H34N4O4. The topological polar surface area (TPSA) is 110 Å². The van der Waals surface area contributed by atoms with Gasteiger partial charge in [0.2, 0.25) is 0 Å². The van der Waals surface area contributed by atoms with Gasteiger partial charge >= 0.3 is 11.7 Å². The second-order valence-electron chi connectivity index (χ2n) is 10.4. The number of H-pyrrole nitrogens is 1. The zero-order valence-electron chi connectivity index (χ0n) is 20.6. The smallest absolute Gasteiger partial charge is 0.339 e. The van der Waals surface area contributed by atoms with Crippen molar-refractivity contribution in [1.82, 2.24) is 19.1 Å². The average Bonchev–Trinajstić information content (AvgIpc) is 3.34. The minimum absolute atomic E-state index is 0.0488. The van der Waals surface area contributed by atoms with E-state index in [4.69, 9.17) is 0 Å². The zero-order chi connectivity index (χ0) is 25.1. The molecule has 0 amide bonds. The van der Waals surface area contributed by atoms with E-state index >= 15 is 0 Å². The molecule has 2 saturated carbocycles. The van der Waals surface area contributed by atoms with Gasteiger partial charge in [0, 0.05) is 13.1 Å². The Bertz CT molecular complexity index is 1370. The normalized spacial score (nSPS) is 18.1. The summed E-state index contributed by atoms with van der Waals surface area (Å²) in [7, 11) is 0. The van der Waals surface area contributed by atoms with Gasteiger partial charge in [0.15, 0.2) is 5.65 Å². The van der Waals surface area contributed by atoms with Crippen molar-refractivity contribution in [2.45, 2.75) is 77.3 Å². The second-order valence-corrected chi connectivity index (χ2v) is 10.4. The van der Waals surface area contributed by atoms with Gasteiger partial charge in [-0.2, -0.15) is 0 Å². The molecule has 1 aromatic carbocycles. The van der Waals surface area contributed by atoms with Crippen LogP contribution in [-0.4, -0.2) is 30.2 Å². The third kappa shape index (κ3) is 5.08. The molecule has 190 valence electrons. The maximum Gasteiger partial charge on any atom is 0.339 e. The summed E-state index contributed by atoms with van der Waals surface area (Å²) in [5.41, 5.74) is 0.383. The monoisotopic (exact) mass is 490 g/mol. The van der Waals surface area contributed by atoms with Crippen LogP contribution in [0.5, 0.6) is 0 Å². The Balaban J connectivity index is 1.63. The third-order valence-electron chi connectivity index (χ3n) is 7.79. The summed E-state index contributed by atoms with van der Waals surface area (Å²) in [4.78, 5) is 47.0. The van der Waals surface area contributed by atoms with Crippen LogP contribution in [0, 0.1) is 11.8 Å². The minimum atomic E-state index is -1.15. The number of imidazole rings is 1. The highest BCUT2D eigenvalue weighted by Gasteiger charge is 2.25. The van der Waals surface area contributed by atoms with Gasteiger partial charge in [-0.05, 0) is 49.2 Å². The lowest BCUT2D eigenvalue weighted by Gasteiger charge is -2.24. The molecule has 0 bridgehead atoms. The number of rotatable bonds is 7. The fraction of sp³-hybridized carbons (Fsp3) is 0.500. The number of aliphatic carboxylic acids is 1. The van der Waals surface area contributed by atoms with Crippen LogP contribution < -0.4 is 11.2 Å². The van der Waals surface area contributed by atoms with Crippen LogP contribution in [0.3, 0.4) is 0 Å². The van der Waals surface area contributed by atoms with Crippen LogP contribution in [0.1, 0.15) is 75.6 Å². The van der Waals surface area contributed by atoms with Gasteiger partial charge in [-0.3, -0.25) is 13.9 Å². The summed E-state index contributed by atoms with van der Waals surface area (Å²) in [5.74, 6) is -0.411. The number of carboxylic acid groups (broad SMARTS) is 1. The van der Waals surface area contributed by atoms with Crippen LogP contribution >= 0.6 is 0 Å². The number of fused-ring (bicyclic) bond motifs is 1. The van der Waals surface area contributed by atoms with E-state index in [1.54, 1.807) is 4.57 Å². The standard InChI is InChI=1S/C28H34N4O4/c33-26-23-25(30-24(29-23)22(27(34)35)16-19-10-4-1-5-11-19)31(17-20-12-6-2-7-13-20)28(36)32(26)18-21-14-8-3-9-15-21/h1,4-5,10-11,16,20-21H,2-3,6-9,12-15,17-18H2,(H,29,30)(H,34,35)/b22-16+. The summed E-state index contributed by atoms with van der Waals surface area (Å²) < 4.78 is 2.99. The minimum Gasteiger partial charge on any atom is -0.478 e. The number of benzene rings is 1. The second kappa shape index (κ2) is 10.7. The van der Waals surface area contributed by atoms with Crippen LogP contribution in [0.4, 0.5) is 0 Å². The van der Waals surface area contributed by atoms with E-state index in [-0.39, 0.29) is 28.3 Å². The average molecular weight is 491 g/mol. The molecule has 36 heavy (non-hydrogen) atoms. The molecule has 8 heteroatoms. The maximum absolute atomic E-state index is 13.7. The van der Waals surface area contributed by atoms with E-state index in [1.165, 1.54) is 23.5 Å². The van der Waals surface area contributed by atoms with Crippen molar-refractivity contribution in [2.24, 2.45) is 11.8 Å². The van der Waals surface area contributed by atoms with Gasteiger partial charge in [-0.15, -0.1) is 0 Å². The van der Waals surface area contributed by atoms with Crippen molar-refractivity contribution >= 4 is 28.8 Å². The SMILES string of the molecule is O=C(O)/C(=C/c1ccccc1)c1nc2c([nH]1)c(=O)n(CC1CCCCC1)c(=O)n2CC1CCCCC1. The number of hydrogen-bond acceptors (Lipinski definition) is 4. The molecule has 0 saturated heterocycles. The Morgan fingerprint density at radius 1 is 0.917 bits per heavy atom. The van der Waals surface area contributed by atoms with Gasteiger partial charge in [-0.1, -0.05) is 68.9 Å². The lowest BCUT2D eigenvalue weighted by atomic mass is 9.89. The molecule has 0 atom stereocenters. The van der Waals surface area contributed by atoms with E-state index in [0.717, 1.165) is 51.4 Å². The van der Waals surface area contributed by atoms with Crippen molar-refractivity contribution in [3.63, 3.8) is 0 Å². The molecule has 0 spiro atoms. The first kappa shape index (κ1) is 24.3. The highest BCUT2D eigenvalue weighted by Crippen LogP contribution is 2.27. The highest BCUT2D eigenvalue weighted by molar-refractivity contribution is 6.19. The number of carbonyl (C=O) groups is 1. The molecular weight excluding hydrogens is 456 g/mol. The molecule has 2 N–H and O–H groups in total. The van der Waals surface area contributed by atoms with Gasteiger partial charge in [0.1, 0.15) is 16.9 Å². The Kier molecular flexibility index (Phi) is 7.20. The number of hydrogen-bond donors (Lipinski definition) is 2. The Hall–Kier alpha value is -3.42. The molecule has 0 radical (unpaired) electrons. The number of nitrogens with one attached hydrogen (secondary N) is 1. The summed E-state index contributed by atoms with van der Waals surface area (Å²) in [6, 6.07) is 9.13. The molecule has 2 fully saturated rings. The third-order valence-corrected chi connectivity index (χ3v) is 7.79. The van der Waals surface area contributed by atoms with E-state index in [0.29, 0.717) is 30.5 Å². The number of nitrogens with zero attached hydrogens (tertiary/aromatic N) is 3. The Labute approximate surface area is 209 Å². The number of aromatic amines is 1. The Morgan fingerprint density at radius 3 is 2.08 bits per heavy atom. The first-order valence-electron chi connectivity index (χ1n) is 13.2. The van der Waals surface area contributed by atoms with Crippen molar-refractivity contribution in [3.05, 3.63) is 62.6 Å². The summed E-state index contributed by atoms with van der Waals surface area (Å²) >= 11 is 0. The van der Waals surface area contributed by atoms with Gasteiger partial charge in [-0.25, -0.2) is 14.6 Å². The first-order chi connectivity index (χ1) is 17.5. The Morgan fingerprint density at radius 2 is 1.50 bits per heavy atom. The van der Waals surface area contributed by atoms with Crippen molar-refractivity contribution in [1.29, 1.82) is 0 Å². The number of carboxylic acids is 1. The fourth-order valence-corrected chi connectivity index (χ4v) is 5.82. The molecule has 0 aliphatic heterocycles. The molecule has 0 unspecified atom stereocenters. The van der Waals surface area contributed by atoms with Crippen molar-refractivity contribution < 1.29 is 9.90 Å². The fourth-order valence-electron chi connectivity index (χ4n) is 5.82. The molecule has 8 nitrogen and oxygen atoms in total. The lowest BCUT2D eigenvalue weighted by Crippen LogP contribution is -2.42. The van der Waals surface area contributed by atoms with E-state index in [2.05, 4.69) is 9.97 Å². The van der Waals surface area contributed by atoms with Crippen LogP contribution in [0.25, 0.3) is 22.8 Å². The first-order valence-corrected chi connectivity index (χ1v) is 13.2. The predicted octanol–water partition coefficient (Wildman–Crippen LogP) is 4.67. The summed E-state index contributed by atoms with van der Waals surface area (Å²) in [5, 5.41) is 9.96. The predicted molar refractivity (Wildman–Crippen MR) is 140 cm³/mol. The largest absolute Gasteiger partial charge is 0.478 e. The van der Waals surface area contributed by atoms with E-state index in [9.17, 15) is 19.5 Å². The van der Waals surface area contributed by atoms with Crippen LogP contribution in [0.2, 0.25) is 0 Å². The quantitative estimate of drug-likeness (QED) is 0.468. The molecule has 2 aliphatic carbocycles. The van der Waals surface area contributed by atoms with Gasteiger partial charge in [0.05, 0.1) is 0 Å². The van der Waals surface area contributed by atoms with Crippen LogP contribution in [-0.2, 0) is 17.9 Å². The van der Waals surface area contributed by atoms with E-state index in [1.807, 2.05) is 30.3 Å². The maximum atomic E-state index is 13.7. The van der Waals surface area contributed by atoms with Crippen molar-refractivity contribution in [2.75, 3.05) is 0 Å². The molecule has 2 heterocycles. The van der Waals surface area contributed by atoms with Gasteiger partial charge < -0.3 is 10.1 Å². The lowest BCUT2D eigenvalue weighted by molar-refractivity contribution is -0.130. The number of aromatic nitrogens is 4. The molecule has 3 aromatic rings. The van der Waals surface area contributed by atoms with Gasteiger partial charge in [0.25, 0.3) is 5.56 Å². The van der Waals surface area contributed by atoms with Crippen LogP contribution in [0.15, 0.2) is 39.9 Å². The van der Waals surface area contributed by atoms with Crippen molar-refractivity contribution in [3.8, 4) is 0 Å².